The molecule has 6 aromatic carbocycles. The molecule has 0 saturated carbocycles. The number of furan rings is 1. The molecule has 313 valence electrons. The molecule has 4 heterocycles. The van der Waals surface area contributed by atoms with E-state index in [0.717, 1.165) is 50.5 Å². The van der Waals surface area contributed by atoms with E-state index in [4.69, 9.17) is 17.6 Å². The number of hydrogen-bond donors (Lipinski definition) is 0. The second-order valence-corrected chi connectivity index (χ2v) is 22.1. The van der Waals surface area contributed by atoms with Crippen LogP contribution in [0.25, 0.3) is 77.3 Å². The Labute approximate surface area is 385 Å². The average molecular weight is 1020 g/mol. The van der Waals surface area contributed by atoms with Crippen molar-refractivity contribution in [3.05, 3.63) is 167 Å². The van der Waals surface area contributed by atoms with Gasteiger partial charge >= 0.3 is 0 Å². The number of para-hydroxylation sites is 2. The van der Waals surface area contributed by atoms with Crippen molar-refractivity contribution in [1.29, 1.82) is 0 Å². The van der Waals surface area contributed by atoms with Crippen LogP contribution in [0, 0.1) is 45.5 Å². The van der Waals surface area contributed by atoms with Gasteiger partial charge < -0.3 is 14.0 Å². The van der Waals surface area contributed by atoms with Crippen molar-refractivity contribution in [1.82, 2.24) is 19.5 Å². The molecule has 0 fully saturated rings. The van der Waals surface area contributed by atoms with Crippen LogP contribution in [0.4, 0.5) is 4.39 Å². The first-order valence-electron chi connectivity index (χ1n) is 23.5. The summed E-state index contributed by atoms with van der Waals surface area (Å²) in [4.78, 5) is 14.0. The summed E-state index contributed by atoms with van der Waals surface area (Å²) in [5.41, 5.74) is 8.80. The number of aromatic nitrogens is 4. The molecule has 5 nitrogen and oxygen atoms in total. The second-order valence-electron chi connectivity index (χ2n) is 17.1. The van der Waals surface area contributed by atoms with Gasteiger partial charge in [-0.25, -0.2) is 4.98 Å². The first kappa shape index (κ1) is 35.8. The zero-order valence-electron chi connectivity index (χ0n) is 41.7. The molecule has 0 atom stereocenters. The van der Waals surface area contributed by atoms with Crippen molar-refractivity contribution in [3.8, 4) is 22.6 Å². The van der Waals surface area contributed by atoms with Crippen molar-refractivity contribution in [2.24, 2.45) is 0 Å². The number of halogens is 1. The summed E-state index contributed by atoms with van der Waals surface area (Å²) in [6, 6.07) is 42.4. The number of nitrogens with zero attached hydrogens (tertiary/aromatic N) is 4. The van der Waals surface area contributed by atoms with Crippen LogP contribution in [-0.2, 0) is 26.7 Å². The van der Waals surface area contributed by atoms with E-state index >= 15 is 0 Å². The van der Waals surface area contributed by atoms with Crippen LogP contribution in [0.15, 0.2) is 120 Å². The molecule has 0 aliphatic carbocycles. The molecule has 0 bridgehead atoms. The van der Waals surface area contributed by atoms with Crippen molar-refractivity contribution >= 4 is 67.9 Å². The Kier molecular flexibility index (Phi) is 9.70. The Morgan fingerprint density at radius 1 is 0.790 bits per heavy atom. The average Bonchev–Trinajstić information content (AvgIpc) is 3.83. The fourth-order valence-corrected chi connectivity index (χ4v) is 10.0. The topological polar surface area (TPSA) is 56.7 Å². The van der Waals surface area contributed by atoms with Crippen LogP contribution in [0.3, 0.4) is 0 Å². The molecule has 0 saturated heterocycles. The second kappa shape index (κ2) is 16.8. The third-order valence-corrected chi connectivity index (χ3v) is 13.5. The maximum absolute atomic E-state index is 14.7. The van der Waals surface area contributed by atoms with Gasteiger partial charge in [0.2, 0.25) is 5.71 Å². The third-order valence-electron chi connectivity index (χ3n) is 11.5. The summed E-state index contributed by atoms with van der Waals surface area (Å²) in [6.07, 6.45) is 1.47. The Bertz CT molecular complexity index is 3560. The Morgan fingerprint density at radius 3 is 2.21 bits per heavy atom. The zero-order valence-corrected chi connectivity index (χ0v) is 39.1. The molecule has 0 unspecified atom stereocenters. The summed E-state index contributed by atoms with van der Waals surface area (Å²) in [5.74, 6) is 0.281. The van der Waals surface area contributed by atoms with Gasteiger partial charge in [0.1, 0.15) is 0 Å². The summed E-state index contributed by atoms with van der Waals surface area (Å²) >= 11 is 0. The van der Waals surface area contributed by atoms with Crippen LogP contribution >= 0.6 is 0 Å². The number of aryl methyl sites for hydroxylation is 4. The molecule has 0 aliphatic heterocycles. The largest absolute Gasteiger partial charge is 0.459 e. The first-order valence-corrected chi connectivity index (χ1v) is 24.0. The van der Waals surface area contributed by atoms with E-state index in [9.17, 15) is 4.39 Å². The number of fused-ring (bicyclic) bond motifs is 7. The molecule has 0 spiro atoms. The third kappa shape index (κ3) is 7.70. The molecule has 0 amide bonds. The van der Waals surface area contributed by atoms with Crippen molar-refractivity contribution in [3.63, 3.8) is 0 Å². The molecule has 10 rings (SSSR count). The van der Waals surface area contributed by atoms with E-state index in [0.29, 0.717) is 28.9 Å². The van der Waals surface area contributed by atoms with Gasteiger partial charge in [-0.05, 0) is 93.9 Å². The minimum absolute atomic E-state index is 0. The number of rotatable bonds is 6. The Morgan fingerprint density at radius 2 is 1.48 bits per heavy atom. The monoisotopic (exact) mass is 1020 g/mol. The van der Waals surface area contributed by atoms with E-state index in [1.54, 1.807) is 0 Å². The standard InChI is InChI=1S/C38H30N3O.C16H19FNSi.Ir/c1-22(2)35-29-14-8-7-12-27(29)26-11-5-6-13-28(26)31(35)21-41-33-16-10-9-15-32(33)40-37(41)25-17-18-30-34(20-25)42-38-36(30)23(3)19-24(4)39-38;1-11-7-6-8-13(16(11)17)14-9-12(2)15(10-18-14)19(3,4)5;/h5-19,22H,21H2,1-4H3;6-7,9-10H,1-5H3;/q2*-1;/i;1D3,2D3;. The van der Waals surface area contributed by atoms with E-state index in [1.165, 1.54) is 51.0 Å². The van der Waals surface area contributed by atoms with Crippen LogP contribution in [0.5, 0.6) is 0 Å². The fraction of sp³-hybridized carbons (Fsp3) is 0.204. The van der Waals surface area contributed by atoms with Crippen LogP contribution < -0.4 is 5.19 Å². The van der Waals surface area contributed by atoms with Crippen LogP contribution in [0.1, 0.15) is 61.5 Å². The molecule has 10 aromatic rings. The predicted molar refractivity (Wildman–Crippen MR) is 254 cm³/mol. The van der Waals surface area contributed by atoms with Gasteiger partial charge in [-0.3, -0.25) is 9.37 Å². The Balaban J connectivity index is 0.000000207. The Hall–Kier alpha value is -5.79. The molecular weight excluding hydrogens is 960 g/mol. The molecule has 62 heavy (non-hydrogen) atoms. The minimum Gasteiger partial charge on any atom is -0.459 e. The van der Waals surface area contributed by atoms with Crippen molar-refractivity contribution in [2.75, 3.05) is 0 Å². The zero-order chi connectivity index (χ0) is 47.7. The van der Waals surface area contributed by atoms with Crippen molar-refractivity contribution in [2.45, 2.75) is 73.5 Å². The van der Waals surface area contributed by atoms with Gasteiger partial charge in [-0.1, -0.05) is 135 Å². The minimum atomic E-state index is -2.61. The SMILES string of the molecule is Cc1cc(C)c2c(n1)oc1[c-]c(-c3nc4ccccc4n3Cc3c(C(C)C)c4ccccc4c4ccccc34)ccc12.[2H]C([2H])([2H])c1cc(-c2[c-]ccc(C([2H])([2H])[2H])c2F)ncc1[Si](C)(C)C.[Ir]. The molecule has 4 aromatic heterocycles. The summed E-state index contributed by atoms with van der Waals surface area (Å²) in [5, 5.41) is 7.95. The first-order chi connectivity index (χ1) is 31.7. The van der Waals surface area contributed by atoms with Crippen LogP contribution in [-0.4, -0.2) is 27.6 Å². The predicted octanol–water partition coefficient (Wildman–Crippen LogP) is 13.7. The van der Waals surface area contributed by atoms with E-state index in [-0.39, 0.29) is 36.9 Å². The molecule has 8 heteroatoms. The molecule has 0 aliphatic rings. The van der Waals surface area contributed by atoms with Crippen LogP contribution in [0.2, 0.25) is 19.6 Å². The number of imidazole rings is 1. The van der Waals surface area contributed by atoms with E-state index < -0.39 is 33.2 Å². The van der Waals surface area contributed by atoms with Gasteiger partial charge in [0.15, 0.2) is 0 Å². The summed E-state index contributed by atoms with van der Waals surface area (Å²) in [7, 11) is -1.98. The van der Waals surface area contributed by atoms with Gasteiger partial charge in [0.25, 0.3) is 0 Å². The van der Waals surface area contributed by atoms with Gasteiger partial charge in [-0.2, -0.15) is 0 Å². The number of benzene rings is 6. The normalized spacial score (nSPS) is 13.6. The molecular formula is C54H49FIrN4OSi-2. The van der Waals surface area contributed by atoms with Gasteiger partial charge in [0, 0.05) is 58.0 Å². The quantitative estimate of drug-likeness (QED) is 0.0946. The number of hydrogen-bond acceptors (Lipinski definition) is 4. The smallest absolute Gasteiger partial charge is 0.216 e. The molecule has 1 radical (unpaired) electrons. The van der Waals surface area contributed by atoms with Gasteiger partial charge in [-0.15, -0.1) is 35.9 Å². The maximum Gasteiger partial charge on any atom is 0.216 e. The summed E-state index contributed by atoms with van der Waals surface area (Å²) < 4.78 is 68.8. The molecule has 0 N–H and O–H groups in total. The number of pyridine rings is 2. The maximum atomic E-state index is 14.7. The van der Waals surface area contributed by atoms with E-state index in [1.807, 2.05) is 26.6 Å². The van der Waals surface area contributed by atoms with Gasteiger partial charge in [0.05, 0.1) is 30.5 Å². The van der Waals surface area contributed by atoms with E-state index in [2.05, 4.69) is 138 Å². The summed E-state index contributed by atoms with van der Waals surface area (Å²) in [6.45, 7) is 10.4. The fourth-order valence-electron chi connectivity index (χ4n) is 8.71. The van der Waals surface area contributed by atoms with Crippen molar-refractivity contribution < 1.29 is 37.1 Å².